The summed E-state index contributed by atoms with van der Waals surface area (Å²) in [6, 6.07) is 3.43. The van der Waals surface area contributed by atoms with E-state index in [4.69, 9.17) is 9.26 Å². The molecule has 1 aromatic carbocycles. The first-order valence-electron chi connectivity index (χ1n) is 11.5. The Balaban J connectivity index is 1.50. The van der Waals surface area contributed by atoms with Crippen molar-refractivity contribution in [3.8, 4) is 11.5 Å². The summed E-state index contributed by atoms with van der Waals surface area (Å²) in [6.07, 6.45) is 1.34. The van der Waals surface area contributed by atoms with Gasteiger partial charge in [-0.2, -0.15) is 4.98 Å². The zero-order valence-electron chi connectivity index (χ0n) is 19.2. The number of fused-ring (bicyclic) bond motifs is 1. The highest BCUT2D eigenvalue weighted by Gasteiger charge is 2.34. The van der Waals surface area contributed by atoms with Gasteiger partial charge >= 0.3 is 0 Å². The lowest BCUT2D eigenvalue weighted by atomic mass is 9.97. The summed E-state index contributed by atoms with van der Waals surface area (Å²) in [5, 5.41) is 8.10. The van der Waals surface area contributed by atoms with Gasteiger partial charge < -0.3 is 19.5 Å². The van der Waals surface area contributed by atoms with Gasteiger partial charge in [0.2, 0.25) is 0 Å². The van der Waals surface area contributed by atoms with Gasteiger partial charge in [-0.25, -0.2) is 13.8 Å². The number of alkyl halides is 1. The molecule has 3 aromatic rings. The second-order valence-corrected chi connectivity index (χ2v) is 9.14. The van der Waals surface area contributed by atoms with Crippen LogP contribution in [-0.2, 0) is 4.74 Å². The summed E-state index contributed by atoms with van der Waals surface area (Å²) in [4.78, 5) is 11.0. The predicted molar refractivity (Wildman–Crippen MR) is 122 cm³/mol. The number of rotatable bonds is 4. The molecule has 2 atom stereocenters. The molecule has 9 heteroatoms. The highest BCUT2D eigenvalue weighted by atomic mass is 19.1. The van der Waals surface area contributed by atoms with E-state index >= 15 is 4.39 Å². The number of piperidine rings is 1. The lowest BCUT2D eigenvalue weighted by Gasteiger charge is -2.39. The molecule has 0 amide bonds. The van der Waals surface area contributed by atoms with Crippen molar-refractivity contribution in [3.05, 3.63) is 34.9 Å². The Morgan fingerprint density at radius 3 is 2.58 bits per heavy atom. The molecule has 176 valence electrons. The monoisotopic (exact) mass is 457 g/mol. The zero-order chi connectivity index (χ0) is 23.1. The van der Waals surface area contributed by atoms with Crippen molar-refractivity contribution >= 4 is 16.7 Å². The van der Waals surface area contributed by atoms with Crippen LogP contribution in [0.1, 0.15) is 36.2 Å². The molecule has 2 aliphatic rings. The van der Waals surface area contributed by atoms with Gasteiger partial charge in [-0.05, 0) is 63.3 Å². The number of hydrogen-bond donors (Lipinski definition) is 1. The van der Waals surface area contributed by atoms with Gasteiger partial charge in [0.1, 0.15) is 23.3 Å². The van der Waals surface area contributed by atoms with Gasteiger partial charge in [0.15, 0.2) is 5.82 Å². The Morgan fingerprint density at radius 2 is 1.88 bits per heavy atom. The van der Waals surface area contributed by atoms with Crippen molar-refractivity contribution in [2.24, 2.45) is 0 Å². The van der Waals surface area contributed by atoms with Crippen LogP contribution in [0.25, 0.3) is 22.4 Å². The number of hydrogen-bond acceptors (Lipinski definition) is 7. The Labute approximate surface area is 191 Å². The average Bonchev–Trinajstić information content (AvgIpc) is 3.22. The molecule has 4 heterocycles. The van der Waals surface area contributed by atoms with E-state index in [1.165, 1.54) is 6.07 Å². The lowest BCUT2D eigenvalue weighted by molar-refractivity contribution is 0.0684. The lowest BCUT2D eigenvalue weighted by Crippen LogP contribution is -2.54. The minimum atomic E-state index is -1.08. The number of pyridine rings is 1. The molecule has 2 aliphatic heterocycles. The van der Waals surface area contributed by atoms with Gasteiger partial charge in [-0.15, -0.1) is 0 Å². The maximum absolute atomic E-state index is 15.3. The molecule has 0 saturated carbocycles. The van der Waals surface area contributed by atoms with Crippen LogP contribution in [0.2, 0.25) is 0 Å². The third-order valence-electron chi connectivity index (χ3n) is 6.68. The number of nitrogens with one attached hydrogen (secondary N) is 1. The highest BCUT2D eigenvalue weighted by Crippen LogP contribution is 2.38. The number of benzene rings is 1. The minimum absolute atomic E-state index is 0.159. The number of nitrogens with zero attached hydrogens (tertiary/aromatic N) is 4. The smallest absolute Gasteiger partial charge is 0.261 e. The molecule has 1 N–H and O–H groups in total. The molecule has 0 unspecified atom stereocenters. The molecule has 2 saturated heterocycles. The van der Waals surface area contributed by atoms with Crippen molar-refractivity contribution in [1.82, 2.24) is 20.4 Å². The number of aromatic nitrogens is 3. The topological polar surface area (TPSA) is 76.3 Å². The van der Waals surface area contributed by atoms with Gasteiger partial charge in [-0.3, -0.25) is 0 Å². The average molecular weight is 458 g/mol. The van der Waals surface area contributed by atoms with Crippen molar-refractivity contribution in [2.75, 3.05) is 31.2 Å². The van der Waals surface area contributed by atoms with E-state index in [2.05, 4.69) is 20.4 Å². The molecule has 0 spiro atoms. The third kappa shape index (κ3) is 4.31. The van der Waals surface area contributed by atoms with Crippen LogP contribution in [0.4, 0.5) is 14.6 Å². The van der Waals surface area contributed by atoms with Gasteiger partial charge in [0, 0.05) is 37.2 Å². The standard InChI is InChI=1S/C24H29F2N5O2/c1-13-10-17-14(2)21(24-27-15(3)30-33-24)23(29-22(17)18(25)11-13)31-7-4-20(19(26)12-31)28-16-5-8-32-9-6-16/h10-11,16,19-20,28H,4-9,12H2,1-3H3/t19-,20-/m0/s1. The summed E-state index contributed by atoms with van der Waals surface area (Å²) in [6.45, 7) is 7.66. The Hall–Kier alpha value is -2.65. The Morgan fingerprint density at radius 1 is 1.09 bits per heavy atom. The minimum Gasteiger partial charge on any atom is -0.381 e. The van der Waals surface area contributed by atoms with Crippen molar-refractivity contribution in [2.45, 2.75) is 58.3 Å². The van der Waals surface area contributed by atoms with Crippen LogP contribution in [-0.4, -0.2) is 59.7 Å². The molecule has 7 nitrogen and oxygen atoms in total. The first-order chi connectivity index (χ1) is 15.9. The van der Waals surface area contributed by atoms with E-state index in [9.17, 15) is 4.39 Å². The third-order valence-corrected chi connectivity index (χ3v) is 6.68. The number of halogens is 2. The maximum Gasteiger partial charge on any atom is 0.261 e. The fourth-order valence-electron chi connectivity index (χ4n) is 4.93. The molecule has 0 aliphatic carbocycles. The zero-order valence-corrected chi connectivity index (χ0v) is 19.2. The molecule has 2 aromatic heterocycles. The predicted octanol–water partition coefficient (Wildman–Crippen LogP) is 4.03. The maximum atomic E-state index is 15.3. The fraction of sp³-hybridized carbons (Fsp3) is 0.542. The molecule has 33 heavy (non-hydrogen) atoms. The quantitative estimate of drug-likeness (QED) is 0.634. The largest absolute Gasteiger partial charge is 0.381 e. The Kier molecular flexibility index (Phi) is 6.01. The van der Waals surface area contributed by atoms with E-state index in [0.29, 0.717) is 54.7 Å². The SMILES string of the molecule is Cc1cc(F)c2nc(N3CC[C@H](NC4CCOCC4)[C@@H](F)C3)c(-c3nc(C)no3)c(C)c2c1. The van der Waals surface area contributed by atoms with Crippen LogP contribution >= 0.6 is 0 Å². The molecule has 0 radical (unpaired) electrons. The summed E-state index contributed by atoms with van der Waals surface area (Å²) < 4.78 is 41.1. The van der Waals surface area contributed by atoms with Gasteiger partial charge in [0.25, 0.3) is 5.89 Å². The highest BCUT2D eigenvalue weighted by molar-refractivity contribution is 5.93. The first kappa shape index (κ1) is 22.2. The summed E-state index contributed by atoms with van der Waals surface area (Å²) >= 11 is 0. The number of anilines is 1. The molecular formula is C24H29F2N5O2. The summed E-state index contributed by atoms with van der Waals surface area (Å²) in [7, 11) is 0. The molecule has 2 fully saturated rings. The molecular weight excluding hydrogens is 428 g/mol. The van der Waals surface area contributed by atoms with E-state index in [-0.39, 0.29) is 24.1 Å². The summed E-state index contributed by atoms with van der Waals surface area (Å²) in [5.41, 5.74) is 2.50. The molecule has 5 rings (SSSR count). The first-order valence-corrected chi connectivity index (χ1v) is 11.5. The van der Waals surface area contributed by atoms with Crippen LogP contribution in [0, 0.1) is 26.6 Å². The number of ether oxygens (including phenoxy) is 1. The van der Waals surface area contributed by atoms with Gasteiger partial charge in [-0.1, -0.05) is 5.16 Å². The van der Waals surface area contributed by atoms with Crippen molar-refractivity contribution in [3.63, 3.8) is 0 Å². The van der Waals surface area contributed by atoms with Crippen LogP contribution in [0.3, 0.4) is 0 Å². The van der Waals surface area contributed by atoms with Crippen LogP contribution in [0.15, 0.2) is 16.7 Å². The van der Waals surface area contributed by atoms with E-state index in [1.807, 2.05) is 24.8 Å². The van der Waals surface area contributed by atoms with E-state index < -0.39 is 12.0 Å². The number of aryl methyl sites for hydroxylation is 3. The fourth-order valence-corrected chi connectivity index (χ4v) is 4.93. The normalized spacial score (nSPS) is 22.3. The van der Waals surface area contributed by atoms with E-state index in [1.54, 1.807) is 6.92 Å². The van der Waals surface area contributed by atoms with Crippen LogP contribution < -0.4 is 10.2 Å². The second-order valence-electron chi connectivity index (χ2n) is 9.14. The molecule has 0 bridgehead atoms. The summed E-state index contributed by atoms with van der Waals surface area (Å²) in [5.74, 6) is 0.900. The van der Waals surface area contributed by atoms with Crippen molar-refractivity contribution in [1.29, 1.82) is 0 Å². The van der Waals surface area contributed by atoms with Crippen molar-refractivity contribution < 1.29 is 18.0 Å². The second kappa shape index (κ2) is 8.95. The Bertz CT molecular complexity index is 1160. The van der Waals surface area contributed by atoms with Crippen LogP contribution in [0.5, 0.6) is 0 Å². The van der Waals surface area contributed by atoms with Gasteiger partial charge in [0.05, 0.1) is 12.1 Å². The van der Waals surface area contributed by atoms with E-state index in [0.717, 1.165) is 24.0 Å².